The van der Waals surface area contributed by atoms with E-state index in [-0.39, 0.29) is 5.91 Å². The predicted octanol–water partition coefficient (Wildman–Crippen LogP) is 1.77. The number of hydrogen-bond acceptors (Lipinski definition) is 5. The number of piperidine rings is 1. The van der Waals surface area contributed by atoms with Gasteiger partial charge in [-0.15, -0.1) is 10.2 Å². The predicted molar refractivity (Wildman–Crippen MR) is 106 cm³/mol. The molecule has 150 valence electrons. The summed E-state index contributed by atoms with van der Waals surface area (Å²) in [5.74, 6) is 3.59. The number of para-hydroxylation sites is 1. The second kappa shape index (κ2) is 8.73. The highest BCUT2D eigenvalue weighted by molar-refractivity contribution is 5.76. The number of aryl methyl sites for hydroxylation is 1. The van der Waals surface area contributed by atoms with Gasteiger partial charge in [-0.1, -0.05) is 18.2 Å². The largest absolute Gasteiger partial charge is 0.496 e. The molecule has 7 nitrogen and oxygen atoms in total. The minimum Gasteiger partial charge on any atom is -0.496 e. The number of methoxy groups -OCH3 is 1. The molecule has 2 aliphatic rings. The fourth-order valence-electron chi connectivity index (χ4n) is 4.28. The average molecular weight is 383 g/mol. The summed E-state index contributed by atoms with van der Waals surface area (Å²) in [5, 5.41) is 12.4. The van der Waals surface area contributed by atoms with Gasteiger partial charge in [-0.25, -0.2) is 0 Å². The van der Waals surface area contributed by atoms with Crippen LogP contribution in [-0.2, 0) is 24.2 Å². The molecule has 0 bridgehead atoms. The molecule has 2 aliphatic heterocycles. The summed E-state index contributed by atoms with van der Waals surface area (Å²) >= 11 is 0. The molecule has 0 radical (unpaired) electrons. The van der Waals surface area contributed by atoms with Gasteiger partial charge in [0.15, 0.2) is 0 Å². The third-order valence-electron chi connectivity index (χ3n) is 5.87. The Morgan fingerprint density at radius 3 is 2.96 bits per heavy atom. The normalized spacial score (nSPS) is 19.8. The molecule has 1 N–H and O–H groups in total. The number of benzene rings is 1. The molecular formula is C21H29N5O2. The maximum atomic E-state index is 12.8. The van der Waals surface area contributed by atoms with Gasteiger partial charge in [0.1, 0.15) is 17.4 Å². The molecule has 1 aromatic carbocycles. The highest BCUT2D eigenvalue weighted by atomic mass is 16.5. The van der Waals surface area contributed by atoms with Crippen LogP contribution in [0.4, 0.5) is 0 Å². The lowest BCUT2D eigenvalue weighted by Crippen LogP contribution is -2.34. The van der Waals surface area contributed by atoms with Gasteiger partial charge in [0.05, 0.1) is 7.11 Å². The van der Waals surface area contributed by atoms with E-state index < -0.39 is 0 Å². The zero-order chi connectivity index (χ0) is 19.3. The first-order valence-corrected chi connectivity index (χ1v) is 10.3. The van der Waals surface area contributed by atoms with Gasteiger partial charge in [0.25, 0.3) is 0 Å². The van der Waals surface area contributed by atoms with Gasteiger partial charge >= 0.3 is 0 Å². The van der Waals surface area contributed by atoms with Crippen molar-refractivity contribution in [2.45, 2.75) is 44.6 Å². The quantitative estimate of drug-likeness (QED) is 0.852. The van der Waals surface area contributed by atoms with E-state index >= 15 is 0 Å². The van der Waals surface area contributed by atoms with Crippen LogP contribution in [0.5, 0.6) is 5.75 Å². The number of nitrogens with zero attached hydrogens (tertiary/aromatic N) is 4. The number of hydrogen-bond donors (Lipinski definition) is 1. The molecule has 3 heterocycles. The summed E-state index contributed by atoms with van der Waals surface area (Å²) < 4.78 is 7.65. The van der Waals surface area contributed by atoms with Crippen molar-refractivity contribution in [2.24, 2.45) is 0 Å². The number of carbonyl (C=O) groups excluding carboxylic acids is 1. The maximum Gasteiger partial charge on any atom is 0.222 e. The Bertz CT molecular complexity index is 813. The average Bonchev–Trinajstić information content (AvgIpc) is 3.04. The van der Waals surface area contributed by atoms with Gasteiger partial charge in [0.2, 0.25) is 5.91 Å². The summed E-state index contributed by atoms with van der Waals surface area (Å²) in [6, 6.07) is 7.91. The first kappa shape index (κ1) is 18.9. The van der Waals surface area contributed by atoms with Crippen LogP contribution >= 0.6 is 0 Å². The summed E-state index contributed by atoms with van der Waals surface area (Å²) in [6.45, 7) is 4.29. The number of carbonyl (C=O) groups is 1. The molecule has 0 spiro atoms. The molecule has 1 atom stereocenters. The van der Waals surface area contributed by atoms with Crippen molar-refractivity contribution >= 4 is 5.91 Å². The van der Waals surface area contributed by atoms with E-state index in [1.165, 1.54) is 6.42 Å². The molecule has 4 rings (SSSR count). The number of aromatic nitrogens is 3. The van der Waals surface area contributed by atoms with Crippen molar-refractivity contribution in [3.8, 4) is 5.75 Å². The Morgan fingerprint density at radius 1 is 1.25 bits per heavy atom. The lowest BCUT2D eigenvalue weighted by molar-refractivity contribution is -0.131. The number of amides is 1. The zero-order valence-electron chi connectivity index (χ0n) is 16.6. The van der Waals surface area contributed by atoms with E-state index in [1.54, 1.807) is 7.11 Å². The van der Waals surface area contributed by atoms with Crippen LogP contribution in [0.3, 0.4) is 0 Å². The smallest absolute Gasteiger partial charge is 0.222 e. The van der Waals surface area contributed by atoms with E-state index in [4.69, 9.17) is 4.74 Å². The van der Waals surface area contributed by atoms with Crippen molar-refractivity contribution < 1.29 is 9.53 Å². The zero-order valence-corrected chi connectivity index (χ0v) is 16.6. The molecule has 28 heavy (non-hydrogen) atoms. The molecule has 1 aromatic heterocycles. The van der Waals surface area contributed by atoms with Crippen LogP contribution in [0.2, 0.25) is 0 Å². The van der Waals surface area contributed by atoms with Crippen molar-refractivity contribution in [1.29, 1.82) is 0 Å². The van der Waals surface area contributed by atoms with Crippen LogP contribution in [-0.4, -0.2) is 58.9 Å². The minimum absolute atomic E-state index is 0.200. The topological polar surface area (TPSA) is 72.3 Å². The number of ether oxygens (including phenoxy) is 1. The van der Waals surface area contributed by atoms with Crippen LogP contribution in [0.25, 0.3) is 0 Å². The van der Waals surface area contributed by atoms with Crippen molar-refractivity contribution in [3.63, 3.8) is 0 Å². The van der Waals surface area contributed by atoms with Gasteiger partial charge < -0.3 is 19.5 Å². The third-order valence-corrected chi connectivity index (χ3v) is 5.87. The minimum atomic E-state index is 0.200. The van der Waals surface area contributed by atoms with Crippen molar-refractivity contribution in [2.75, 3.05) is 33.3 Å². The Kier molecular flexibility index (Phi) is 5.90. The van der Waals surface area contributed by atoms with Gasteiger partial charge in [-0.3, -0.25) is 4.79 Å². The van der Waals surface area contributed by atoms with Crippen LogP contribution in [0.1, 0.15) is 42.4 Å². The summed E-state index contributed by atoms with van der Waals surface area (Å²) in [6.07, 6.45) is 4.31. The van der Waals surface area contributed by atoms with Crippen molar-refractivity contribution in [1.82, 2.24) is 25.0 Å². The molecule has 1 amide bonds. The number of fused-ring (bicyclic) bond motifs is 1. The molecule has 1 unspecified atom stereocenters. The van der Waals surface area contributed by atoms with E-state index in [0.29, 0.717) is 25.3 Å². The molecule has 0 aliphatic carbocycles. The SMILES string of the molecule is COc1ccccc1CCC(=O)N1CCc2nnc(C3CCCNC3)n2CC1. The van der Waals surface area contributed by atoms with Gasteiger partial charge in [-0.05, 0) is 37.4 Å². The van der Waals surface area contributed by atoms with Crippen LogP contribution in [0.15, 0.2) is 24.3 Å². The molecule has 7 heteroatoms. The first-order valence-electron chi connectivity index (χ1n) is 10.3. The summed E-state index contributed by atoms with van der Waals surface area (Å²) in [7, 11) is 1.67. The molecular weight excluding hydrogens is 354 g/mol. The lowest BCUT2D eigenvalue weighted by Gasteiger charge is -2.23. The van der Waals surface area contributed by atoms with Crippen molar-refractivity contribution in [3.05, 3.63) is 41.5 Å². The number of rotatable bonds is 5. The van der Waals surface area contributed by atoms with Gasteiger partial charge in [-0.2, -0.15) is 0 Å². The molecule has 2 aromatic rings. The van der Waals surface area contributed by atoms with Crippen LogP contribution in [0, 0.1) is 0 Å². The van der Waals surface area contributed by atoms with E-state index in [1.807, 2.05) is 29.2 Å². The van der Waals surface area contributed by atoms with E-state index in [0.717, 1.165) is 62.0 Å². The highest BCUT2D eigenvalue weighted by Gasteiger charge is 2.26. The molecule has 1 fully saturated rings. The van der Waals surface area contributed by atoms with E-state index in [9.17, 15) is 4.79 Å². The summed E-state index contributed by atoms with van der Waals surface area (Å²) in [5.41, 5.74) is 1.08. The molecule has 0 saturated carbocycles. The standard InChI is InChI=1S/C21H29N5O2/c1-28-18-7-3-2-5-16(18)8-9-20(27)25-12-10-19-23-24-21(26(19)14-13-25)17-6-4-11-22-15-17/h2-3,5,7,17,22H,4,6,8-15H2,1H3. The fraction of sp³-hybridized carbons (Fsp3) is 0.571. The maximum absolute atomic E-state index is 12.8. The second-order valence-corrected chi connectivity index (χ2v) is 7.61. The van der Waals surface area contributed by atoms with Gasteiger partial charge in [0, 0.05) is 44.9 Å². The summed E-state index contributed by atoms with van der Waals surface area (Å²) in [4.78, 5) is 14.8. The Labute approximate surface area is 166 Å². The second-order valence-electron chi connectivity index (χ2n) is 7.61. The monoisotopic (exact) mass is 383 g/mol. The Morgan fingerprint density at radius 2 is 2.14 bits per heavy atom. The first-order chi connectivity index (χ1) is 13.8. The van der Waals surface area contributed by atoms with Crippen LogP contribution < -0.4 is 10.1 Å². The third kappa shape index (κ3) is 4.04. The molecule has 1 saturated heterocycles. The van der Waals surface area contributed by atoms with E-state index in [2.05, 4.69) is 20.1 Å². The Balaban J connectivity index is 1.37. The highest BCUT2D eigenvalue weighted by Crippen LogP contribution is 2.24. The Hall–Kier alpha value is -2.41. The lowest BCUT2D eigenvalue weighted by atomic mass is 9.99. The number of nitrogens with one attached hydrogen (secondary N) is 1. The fourth-order valence-corrected chi connectivity index (χ4v) is 4.28.